The number of nitrogens with one attached hydrogen (secondary N) is 1. The van der Waals surface area contributed by atoms with Crippen LogP contribution in [0, 0.1) is 0 Å². The lowest BCUT2D eigenvalue weighted by Crippen LogP contribution is -2.14. The molecule has 29 heavy (non-hydrogen) atoms. The van der Waals surface area contributed by atoms with Crippen molar-refractivity contribution >= 4 is 51.6 Å². The molecule has 0 saturated carbocycles. The van der Waals surface area contributed by atoms with Gasteiger partial charge in [0.2, 0.25) is 0 Å². The van der Waals surface area contributed by atoms with Gasteiger partial charge in [0.25, 0.3) is 5.91 Å². The number of aliphatic imine (C=N–C) groups is 1. The van der Waals surface area contributed by atoms with Crippen molar-refractivity contribution in [1.82, 2.24) is 14.8 Å². The highest BCUT2D eigenvalue weighted by Gasteiger charge is 2.25. The second kappa shape index (κ2) is 7.88. The van der Waals surface area contributed by atoms with Crippen LogP contribution < -0.4 is 5.32 Å². The van der Waals surface area contributed by atoms with Gasteiger partial charge in [0, 0.05) is 18.6 Å². The number of fused-ring (bicyclic) bond motifs is 1. The Hall–Kier alpha value is -3.46. The van der Waals surface area contributed by atoms with Crippen molar-refractivity contribution in [3.05, 3.63) is 58.8 Å². The number of anilines is 1. The number of pyridine rings is 1. The molecule has 3 heterocycles. The van der Waals surface area contributed by atoms with E-state index >= 15 is 0 Å². The van der Waals surface area contributed by atoms with Gasteiger partial charge in [-0.15, -0.1) is 0 Å². The number of carbonyl (C=O) groups excluding carboxylic acids is 2. The van der Waals surface area contributed by atoms with Crippen LogP contribution in [0.4, 0.5) is 5.82 Å². The number of nitrogens with zero attached hydrogens (tertiary/aromatic N) is 4. The van der Waals surface area contributed by atoms with Gasteiger partial charge in [0.15, 0.2) is 5.17 Å². The molecule has 4 rings (SSSR count). The van der Waals surface area contributed by atoms with E-state index in [4.69, 9.17) is 4.74 Å². The predicted octanol–water partition coefficient (Wildman–Crippen LogP) is 3.23. The SMILES string of the molecule is CCOC(=O)c1cnn(C)c1NC1=NC(=O)/C(=C/c2ccc3ncccc3c2)S1. The summed E-state index contributed by atoms with van der Waals surface area (Å²) in [7, 11) is 1.69. The van der Waals surface area contributed by atoms with Gasteiger partial charge < -0.3 is 10.1 Å². The summed E-state index contributed by atoms with van der Waals surface area (Å²) in [4.78, 5) is 33.3. The van der Waals surface area contributed by atoms with Gasteiger partial charge in [-0.1, -0.05) is 12.1 Å². The quantitative estimate of drug-likeness (QED) is 0.524. The number of amidine groups is 1. The molecule has 0 atom stereocenters. The van der Waals surface area contributed by atoms with Crippen molar-refractivity contribution in [1.29, 1.82) is 0 Å². The fraction of sp³-hybridized carbons (Fsp3) is 0.150. The Kier molecular flexibility index (Phi) is 5.13. The van der Waals surface area contributed by atoms with E-state index in [-0.39, 0.29) is 18.1 Å². The molecule has 0 bridgehead atoms. The fourth-order valence-corrected chi connectivity index (χ4v) is 3.66. The van der Waals surface area contributed by atoms with Gasteiger partial charge in [-0.25, -0.2) is 4.79 Å². The van der Waals surface area contributed by atoms with Crippen LogP contribution >= 0.6 is 11.8 Å². The maximum absolute atomic E-state index is 12.3. The van der Waals surface area contributed by atoms with Gasteiger partial charge in [0.05, 0.1) is 23.2 Å². The zero-order valence-electron chi connectivity index (χ0n) is 15.7. The van der Waals surface area contributed by atoms with E-state index in [1.807, 2.05) is 30.3 Å². The molecule has 2 aromatic heterocycles. The summed E-state index contributed by atoms with van der Waals surface area (Å²) >= 11 is 1.20. The Labute approximate surface area is 170 Å². The minimum absolute atomic E-state index is 0.259. The van der Waals surface area contributed by atoms with Gasteiger partial charge in [0.1, 0.15) is 11.4 Å². The normalized spacial score (nSPS) is 15.0. The highest BCUT2D eigenvalue weighted by atomic mass is 32.2. The Bertz CT molecular complexity index is 1180. The van der Waals surface area contributed by atoms with Crippen molar-refractivity contribution in [2.45, 2.75) is 6.92 Å². The molecular formula is C20H17N5O3S. The van der Waals surface area contributed by atoms with E-state index in [1.165, 1.54) is 22.6 Å². The Morgan fingerprint density at radius 2 is 2.21 bits per heavy atom. The molecule has 1 aliphatic rings. The molecule has 0 radical (unpaired) electrons. The first-order valence-corrected chi connectivity index (χ1v) is 9.70. The number of amides is 1. The number of esters is 1. The van der Waals surface area contributed by atoms with Gasteiger partial charge in [-0.3, -0.25) is 14.5 Å². The zero-order chi connectivity index (χ0) is 20.4. The number of ether oxygens (including phenoxy) is 1. The number of aromatic nitrogens is 3. The summed E-state index contributed by atoms with van der Waals surface area (Å²) in [5.74, 6) is -0.414. The monoisotopic (exact) mass is 407 g/mol. The third-order valence-electron chi connectivity index (χ3n) is 4.20. The third kappa shape index (κ3) is 3.90. The first-order chi connectivity index (χ1) is 14.0. The maximum Gasteiger partial charge on any atom is 0.343 e. The molecule has 1 aromatic carbocycles. The topological polar surface area (TPSA) is 98.5 Å². The molecule has 0 spiro atoms. The number of benzene rings is 1. The fourth-order valence-electron chi connectivity index (χ4n) is 2.84. The third-order valence-corrected chi connectivity index (χ3v) is 5.10. The summed E-state index contributed by atoms with van der Waals surface area (Å²) in [6.45, 7) is 1.99. The molecule has 1 amide bonds. The van der Waals surface area contributed by atoms with Crippen LogP contribution in [0.5, 0.6) is 0 Å². The Balaban J connectivity index is 1.55. The van der Waals surface area contributed by atoms with Gasteiger partial charge in [-0.2, -0.15) is 10.1 Å². The van der Waals surface area contributed by atoms with Crippen LogP contribution in [0.3, 0.4) is 0 Å². The first kappa shape index (κ1) is 18.9. The van der Waals surface area contributed by atoms with E-state index in [0.29, 0.717) is 15.9 Å². The molecule has 0 unspecified atom stereocenters. The largest absolute Gasteiger partial charge is 0.462 e. The standard InChI is InChI=1S/C20H17N5O3S/c1-3-28-19(27)14-11-22-25(2)17(14)23-20-24-18(26)16(29-20)10-12-6-7-15-13(9-12)5-4-8-21-15/h4-11H,3H2,1-2H3,(H,23,24,26)/b16-10-. The van der Waals surface area contributed by atoms with Crippen molar-refractivity contribution in [3.63, 3.8) is 0 Å². The van der Waals surface area contributed by atoms with E-state index in [0.717, 1.165) is 16.5 Å². The average Bonchev–Trinajstić information content (AvgIpc) is 3.24. The van der Waals surface area contributed by atoms with Crippen molar-refractivity contribution in [2.24, 2.45) is 12.0 Å². The molecule has 0 fully saturated rings. The summed E-state index contributed by atoms with van der Waals surface area (Å²) in [6.07, 6.45) is 4.95. The van der Waals surface area contributed by atoms with Crippen molar-refractivity contribution in [2.75, 3.05) is 11.9 Å². The van der Waals surface area contributed by atoms with Crippen LogP contribution in [-0.4, -0.2) is 38.4 Å². The summed E-state index contributed by atoms with van der Waals surface area (Å²) in [6, 6.07) is 9.62. The molecule has 8 nitrogen and oxygen atoms in total. The van der Waals surface area contributed by atoms with Crippen LogP contribution in [0.2, 0.25) is 0 Å². The summed E-state index contributed by atoms with van der Waals surface area (Å²) < 4.78 is 6.54. The molecule has 146 valence electrons. The number of carbonyl (C=O) groups is 2. The second-order valence-corrected chi connectivity index (χ2v) is 7.19. The zero-order valence-corrected chi connectivity index (χ0v) is 16.6. The second-order valence-electron chi connectivity index (χ2n) is 6.16. The molecule has 1 N–H and O–H groups in total. The maximum atomic E-state index is 12.3. The van der Waals surface area contributed by atoms with E-state index in [1.54, 1.807) is 26.2 Å². The van der Waals surface area contributed by atoms with E-state index < -0.39 is 5.97 Å². The van der Waals surface area contributed by atoms with Crippen LogP contribution in [0.1, 0.15) is 22.8 Å². The smallest absolute Gasteiger partial charge is 0.343 e. The van der Waals surface area contributed by atoms with Crippen molar-refractivity contribution in [3.8, 4) is 0 Å². The summed E-state index contributed by atoms with van der Waals surface area (Å²) in [5.41, 5.74) is 2.05. The number of hydrogen-bond acceptors (Lipinski definition) is 7. The Morgan fingerprint density at radius 3 is 3.03 bits per heavy atom. The van der Waals surface area contributed by atoms with E-state index in [9.17, 15) is 9.59 Å². The number of thioether (sulfide) groups is 1. The highest BCUT2D eigenvalue weighted by molar-refractivity contribution is 8.18. The first-order valence-electron chi connectivity index (χ1n) is 8.88. The number of rotatable bonds is 4. The van der Waals surface area contributed by atoms with Crippen LogP contribution in [0.25, 0.3) is 17.0 Å². The lowest BCUT2D eigenvalue weighted by Gasteiger charge is -2.07. The van der Waals surface area contributed by atoms with E-state index in [2.05, 4.69) is 20.4 Å². The number of hydrogen-bond donors (Lipinski definition) is 1. The van der Waals surface area contributed by atoms with Crippen molar-refractivity contribution < 1.29 is 14.3 Å². The Morgan fingerprint density at radius 1 is 1.34 bits per heavy atom. The molecule has 1 aliphatic heterocycles. The molecule has 9 heteroatoms. The average molecular weight is 407 g/mol. The number of aryl methyl sites for hydroxylation is 1. The summed E-state index contributed by atoms with van der Waals surface area (Å²) in [5, 5.41) is 8.46. The van der Waals surface area contributed by atoms with Gasteiger partial charge >= 0.3 is 5.97 Å². The highest BCUT2D eigenvalue weighted by Crippen LogP contribution is 2.30. The molecule has 0 saturated heterocycles. The minimum atomic E-state index is -0.487. The minimum Gasteiger partial charge on any atom is -0.462 e. The molecule has 3 aromatic rings. The van der Waals surface area contributed by atoms with Gasteiger partial charge in [-0.05, 0) is 48.5 Å². The molecule has 0 aliphatic carbocycles. The lowest BCUT2D eigenvalue weighted by molar-refractivity contribution is -0.113. The lowest BCUT2D eigenvalue weighted by atomic mass is 10.1. The van der Waals surface area contributed by atoms with Crippen LogP contribution in [-0.2, 0) is 16.6 Å². The molecular weight excluding hydrogens is 390 g/mol. The predicted molar refractivity (Wildman–Crippen MR) is 113 cm³/mol. The van der Waals surface area contributed by atoms with Crippen LogP contribution in [0.15, 0.2) is 52.6 Å².